The third-order valence-corrected chi connectivity index (χ3v) is 8.65. The number of unbranched alkanes of at least 4 members (excludes halogenated alkanes) is 17. The Balaban J connectivity index is 2.12. The first-order valence-corrected chi connectivity index (χ1v) is 19.8. The lowest BCUT2D eigenvalue weighted by Gasteiger charge is -2.18. The molecule has 1 unspecified atom stereocenters. The second-order valence-electron chi connectivity index (χ2n) is 13.2. The van der Waals surface area contributed by atoms with Gasteiger partial charge in [-0.25, -0.2) is 4.98 Å². The molecule has 1 aromatic heterocycles. The Morgan fingerprint density at radius 1 is 0.646 bits per heavy atom. The number of nitrogens with zero attached hydrogens (tertiary/aromatic N) is 1. The third-order valence-electron chi connectivity index (χ3n) is 8.65. The number of aromatic nitrogens is 2. The van der Waals surface area contributed by atoms with Gasteiger partial charge in [-0.3, -0.25) is 9.59 Å². The van der Waals surface area contributed by atoms with E-state index in [0.29, 0.717) is 19.4 Å². The average Bonchev–Trinajstić information content (AvgIpc) is 3.60. The number of nitrogens with one attached hydrogen (secondary N) is 3. The lowest BCUT2D eigenvalue weighted by atomic mass is 10.1. The van der Waals surface area contributed by atoms with Crippen molar-refractivity contribution >= 4 is 11.8 Å². The van der Waals surface area contributed by atoms with Gasteiger partial charge in [0, 0.05) is 25.6 Å². The Morgan fingerprint density at radius 2 is 1.12 bits per heavy atom. The van der Waals surface area contributed by atoms with E-state index in [4.69, 9.17) is 0 Å². The SMILES string of the molecule is CCCCC/C=C\C/C=C\CCCCCCCCNC(=O)C(Cc1c[nH]cn1)NC(=O)CCCCCCC/C=C\C/C=C\CCCCC. The smallest absolute Gasteiger partial charge is 0.242 e. The van der Waals surface area contributed by atoms with Crippen LogP contribution in [-0.2, 0) is 16.0 Å². The van der Waals surface area contributed by atoms with Crippen LogP contribution in [-0.4, -0.2) is 34.4 Å². The molecule has 3 N–H and O–H groups in total. The van der Waals surface area contributed by atoms with Crippen molar-refractivity contribution in [1.29, 1.82) is 0 Å². The molecule has 0 aliphatic rings. The Kier molecular flexibility index (Phi) is 30.5. The van der Waals surface area contributed by atoms with Crippen molar-refractivity contribution in [3.63, 3.8) is 0 Å². The van der Waals surface area contributed by atoms with Gasteiger partial charge in [-0.15, -0.1) is 0 Å². The van der Waals surface area contributed by atoms with Gasteiger partial charge in [0.1, 0.15) is 6.04 Å². The quantitative estimate of drug-likeness (QED) is 0.0516. The van der Waals surface area contributed by atoms with Crippen LogP contribution in [0, 0.1) is 0 Å². The predicted octanol–water partition coefficient (Wildman–Crippen LogP) is 11.2. The van der Waals surface area contributed by atoms with E-state index < -0.39 is 6.04 Å². The fourth-order valence-corrected chi connectivity index (χ4v) is 5.63. The van der Waals surface area contributed by atoms with Crippen LogP contribution in [0.25, 0.3) is 0 Å². The molecule has 272 valence electrons. The molecule has 0 aliphatic carbocycles. The maximum Gasteiger partial charge on any atom is 0.242 e. The number of rotatable bonds is 33. The van der Waals surface area contributed by atoms with Crippen LogP contribution in [0.2, 0.25) is 0 Å². The first-order valence-electron chi connectivity index (χ1n) is 19.8. The zero-order valence-corrected chi connectivity index (χ0v) is 31.0. The van der Waals surface area contributed by atoms with E-state index in [1.54, 1.807) is 12.5 Å². The van der Waals surface area contributed by atoms with Crippen molar-refractivity contribution in [3.8, 4) is 0 Å². The number of hydrogen-bond acceptors (Lipinski definition) is 3. The maximum absolute atomic E-state index is 13.0. The van der Waals surface area contributed by atoms with E-state index in [9.17, 15) is 9.59 Å². The van der Waals surface area contributed by atoms with Crippen molar-refractivity contribution in [3.05, 3.63) is 66.8 Å². The summed E-state index contributed by atoms with van der Waals surface area (Å²) in [5.41, 5.74) is 0.779. The van der Waals surface area contributed by atoms with Gasteiger partial charge >= 0.3 is 0 Å². The number of allylic oxidation sites excluding steroid dienone is 8. The van der Waals surface area contributed by atoms with Gasteiger partial charge in [-0.05, 0) is 77.0 Å². The molecule has 0 saturated carbocycles. The van der Waals surface area contributed by atoms with E-state index in [-0.39, 0.29) is 11.8 Å². The molecule has 1 atom stereocenters. The van der Waals surface area contributed by atoms with Crippen LogP contribution in [0.15, 0.2) is 61.1 Å². The molecule has 0 fully saturated rings. The highest BCUT2D eigenvalue weighted by molar-refractivity contribution is 5.87. The Hall–Kier alpha value is -2.89. The number of carbonyl (C=O) groups is 2. The molecule has 6 nitrogen and oxygen atoms in total. The van der Waals surface area contributed by atoms with E-state index in [2.05, 4.69) is 83.1 Å². The molecule has 0 aliphatic heterocycles. The molecule has 0 bridgehead atoms. The van der Waals surface area contributed by atoms with E-state index >= 15 is 0 Å². The van der Waals surface area contributed by atoms with Crippen LogP contribution in [0.5, 0.6) is 0 Å². The summed E-state index contributed by atoms with van der Waals surface area (Å²) in [6.45, 7) is 5.13. The zero-order chi connectivity index (χ0) is 34.6. The third kappa shape index (κ3) is 28.2. The van der Waals surface area contributed by atoms with Crippen molar-refractivity contribution in [1.82, 2.24) is 20.6 Å². The second-order valence-corrected chi connectivity index (χ2v) is 13.2. The van der Waals surface area contributed by atoms with Gasteiger partial charge in [-0.2, -0.15) is 0 Å². The molecule has 0 spiro atoms. The van der Waals surface area contributed by atoms with Crippen LogP contribution < -0.4 is 10.6 Å². The number of carbonyl (C=O) groups excluding carboxylic acids is 2. The Morgan fingerprint density at radius 3 is 1.62 bits per heavy atom. The largest absolute Gasteiger partial charge is 0.354 e. The number of hydrogen-bond donors (Lipinski definition) is 3. The monoisotopic (exact) mass is 665 g/mol. The molecule has 0 radical (unpaired) electrons. The summed E-state index contributed by atoms with van der Waals surface area (Å²) in [4.78, 5) is 32.9. The number of amides is 2. The van der Waals surface area contributed by atoms with Crippen LogP contribution >= 0.6 is 0 Å². The molecular formula is C42H72N4O2. The van der Waals surface area contributed by atoms with Crippen LogP contribution in [0.4, 0.5) is 0 Å². The van der Waals surface area contributed by atoms with Crippen LogP contribution in [0.3, 0.4) is 0 Å². The topological polar surface area (TPSA) is 86.9 Å². The maximum atomic E-state index is 13.0. The highest BCUT2D eigenvalue weighted by Crippen LogP contribution is 2.10. The van der Waals surface area contributed by atoms with Crippen molar-refractivity contribution < 1.29 is 9.59 Å². The van der Waals surface area contributed by atoms with E-state index in [1.165, 1.54) is 96.3 Å². The van der Waals surface area contributed by atoms with Gasteiger partial charge in [0.15, 0.2) is 0 Å². The summed E-state index contributed by atoms with van der Waals surface area (Å²) in [6.07, 6.45) is 49.7. The minimum Gasteiger partial charge on any atom is -0.354 e. The summed E-state index contributed by atoms with van der Waals surface area (Å²) in [7, 11) is 0. The fraction of sp³-hybridized carbons (Fsp3) is 0.690. The molecular weight excluding hydrogens is 592 g/mol. The Bertz CT molecular complexity index is 980. The lowest BCUT2D eigenvalue weighted by molar-refractivity contribution is -0.129. The van der Waals surface area contributed by atoms with E-state index in [0.717, 1.165) is 57.1 Å². The van der Waals surface area contributed by atoms with Crippen molar-refractivity contribution in [2.75, 3.05) is 6.54 Å². The Labute approximate surface area is 295 Å². The standard InChI is InChI=1S/C42H72N4O2/c1-3-5-7-9-11-13-15-17-19-21-23-25-27-29-31-33-35-44-42(48)40(36-39-37-43-38-45-39)46-41(47)34-32-30-28-26-24-22-20-18-16-14-12-10-8-6-4-2/h11-14,17-20,37-38,40H,3-10,15-16,21-36H2,1-2H3,(H,43,45)(H,44,48)(H,46,47)/b13-11-,14-12-,19-17-,20-18-. The van der Waals surface area contributed by atoms with E-state index in [1.807, 2.05) is 0 Å². The summed E-state index contributed by atoms with van der Waals surface area (Å²) in [6, 6.07) is -0.594. The molecule has 2 amide bonds. The minimum absolute atomic E-state index is 0.0508. The molecule has 48 heavy (non-hydrogen) atoms. The average molecular weight is 665 g/mol. The van der Waals surface area contributed by atoms with Crippen molar-refractivity contribution in [2.24, 2.45) is 0 Å². The highest BCUT2D eigenvalue weighted by Gasteiger charge is 2.21. The molecule has 6 heteroatoms. The first kappa shape index (κ1) is 43.1. The number of imidazole rings is 1. The summed E-state index contributed by atoms with van der Waals surface area (Å²) in [5, 5.41) is 6.04. The number of H-pyrrole nitrogens is 1. The summed E-state index contributed by atoms with van der Waals surface area (Å²) >= 11 is 0. The minimum atomic E-state index is -0.594. The first-order chi connectivity index (χ1) is 23.7. The van der Waals surface area contributed by atoms with Crippen LogP contribution in [0.1, 0.15) is 174 Å². The second kappa shape index (κ2) is 34.0. The normalized spacial score (nSPS) is 12.6. The fourth-order valence-electron chi connectivity index (χ4n) is 5.63. The summed E-state index contributed by atoms with van der Waals surface area (Å²) < 4.78 is 0. The van der Waals surface area contributed by atoms with Gasteiger partial charge < -0.3 is 15.6 Å². The van der Waals surface area contributed by atoms with Gasteiger partial charge in [-0.1, -0.05) is 133 Å². The zero-order valence-electron chi connectivity index (χ0n) is 31.0. The molecule has 1 aromatic rings. The van der Waals surface area contributed by atoms with Gasteiger partial charge in [0.25, 0.3) is 0 Å². The molecule has 0 saturated heterocycles. The van der Waals surface area contributed by atoms with Gasteiger partial charge in [0.05, 0.1) is 12.0 Å². The van der Waals surface area contributed by atoms with Crippen molar-refractivity contribution in [2.45, 2.75) is 180 Å². The lowest BCUT2D eigenvalue weighted by Crippen LogP contribution is -2.48. The van der Waals surface area contributed by atoms with Gasteiger partial charge in [0.2, 0.25) is 11.8 Å². The molecule has 1 rings (SSSR count). The predicted molar refractivity (Wildman–Crippen MR) is 206 cm³/mol. The number of aromatic amines is 1. The summed E-state index contributed by atoms with van der Waals surface area (Å²) in [5.74, 6) is -0.168. The highest BCUT2D eigenvalue weighted by atomic mass is 16.2. The molecule has 0 aromatic carbocycles. The molecule has 1 heterocycles.